The van der Waals surface area contributed by atoms with Gasteiger partial charge >= 0.3 is 0 Å². The molecule has 1 saturated heterocycles. The Morgan fingerprint density at radius 2 is 2.07 bits per heavy atom. The quantitative estimate of drug-likeness (QED) is 0.398. The van der Waals surface area contributed by atoms with Crippen molar-refractivity contribution in [3.63, 3.8) is 0 Å². The summed E-state index contributed by atoms with van der Waals surface area (Å²) in [5, 5.41) is 7.63. The Morgan fingerprint density at radius 3 is 2.71 bits per heavy atom. The maximum Gasteiger partial charge on any atom is 0.193 e. The van der Waals surface area contributed by atoms with Crippen LogP contribution in [-0.4, -0.2) is 46.8 Å². The summed E-state index contributed by atoms with van der Waals surface area (Å²) in [6.07, 6.45) is 6.82. The smallest absolute Gasteiger partial charge is 0.193 e. The fourth-order valence-corrected chi connectivity index (χ4v) is 4.10. The van der Waals surface area contributed by atoms with Crippen molar-refractivity contribution < 1.29 is 8.78 Å². The highest BCUT2D eigenvalue weighted by Gasteiger charge is 2.43. The molecule has 2 heterocycles. The summed E-state index contributed by atoms with van der Waals surface area (Å²) in [6, 6.07) is 4.09. The van der Waals surface area contributed by atoms with Gasteiger partial charge in [-0.15, -0.1) is 24.0 Å². The molecule has 2 aliphatic rings. The van der Waals surface area contributed by atoms with Crippen molar-refractivity contribution in [2.45, 2.75) is 31.2 Å². The van der Waals surface area contributed by atoms with Crippen molar-refractivity contribution in [1.82, 2.24) is 20.0 Å². The number of hydrogen-bond acceptors (Lipinski definition) is 2. The second-order valence-corrected chi connectivity index (χ2v) is 7.60. The molecule has 1 aliphatic heterocycles. The molecule has 1 saturated carbocycles. The number of aliphatic imine (C=N–C) groups is 1. The number of nitrogens with zero attached hydrogens (tertiary/aromatic N) is 4. The predicted molar refractivity (Wildman–Crippen MR) is 116 cm³/mol. The fraction of sp³-hybridized carbons (Fsp3) is 0.500. The molecule has 3 atom stereocenters. The molecular formula is C20H26F2IN5. The van der Waals surface area contributed by atoms with Gasteiger partial charge in [0.05, 0.1) is 6.20 Å². The molecule has 2 fully saturated rings. The Labute approximate surface area is 181 Å². The zero-order valence-corrected chi connectivity index (χ0v) is 18.4. The number of nitrogens with one attached hydrogen (secondary N) is 1. The van der Waals surface area contributed by atoms with Gasteiger partial charge in [-0.1, -0.05) is 6.07 Å². The second kappa shape index (κ2) is 8.75. The minimum atomic E-state index is -0.461. The molecule has 4 rings (SSSR count). The van der Waals surface area contributed by atoms with Gasteiger partial charge < -0.3 is 10.2 Å². The number of benzene rings is 1. The van der Waals surface area contributed by atoms with Gasteiger partial charge in [0.25, 0.3) is 0 Å². The van der Waals surface area contributed by atoms with Crippen LogP contribution in [0.5, 0.6) is 0 Å². The van der Waals surface area contributed by atoms with Gasteiger partial charge in [0, 0.05) is 50.9 Å². The number of halogens is 3. The van der Waals surface area contributed by atoms with E-state index in [2.05, 4.69) is 26.5 Å². The van der Waals surface area contributed by atoms with Crippen LogP contribution in [0.15, 0.2) is 35.6 Å². The second-order valence-electron chi connectivity index (χ2n) is 7.60. The molecule has 28 heavy (non-hydrogen) atoms. The summed E-state index contributed by atoms with van der Waals surface area (Å²) in [4.78, 5) is 6.64. The fourth-order valence-electron chi connectivity index (χ4n) is 4.10. The molecule has 0 amide bonds. The molecule has 5 nitrogen and oxygen atoms in total. The SMILES string of the molecule is CN=C(NC1CC1c1c(F)cccc1F)N1CCC(Cc2cnn(C)c2)C1.I. The minimum Gasteiger partial charge on any atom is -0.353 e. The standard InChI is InChI=1S/C20H25F2N5.HI/c1-23-20(25-18-9-15(18)19-16(21)4-3-5-17(19)22)27-7-6-13(12-27)8-14-10-24-26(2)11-14;/h3-5,10-11,13,15,18H,6-9,12H2,1-2H3,(H,23,25);1H. The van der Waals surface area contributed by atoms with E-state index in [0.29, 0.717) is 5.92 Å². The number of aromatic nitrogens is 2. The molecule has 1 aromatic heterocycles. The van der Waals surface area contributed by atoms with Crippen molar-refractivity contribution in [1.29, 1.82) is 0 Å². The van der Waals surface area contributed by atoms with E-state index in [4.69, 9.17) is 0 Å². The number of likely N-dealkylation sites (tertiary alicyclic amines) is 1. The molecule has 1 aromatic carbocycles. The van der Waals surface area contributed by atoms with Crippen molar-refractivity contribution in [3.05, 3.63) is 53.4 Å². The van der Waals surface area contributed by atoms with Crippen LogP contribution in [0.3, 0.4) is 0 Å². The lowest BCUT2D eigenvalue weighted by atomic mass is 10.0. The van der Waals surface area contributed by atoms with Gasteiger partial charge in [0.15, 0.2) is 5.96 Å². The zero-order chi connectivity index (χ0) is 19.0. The van der Waals surface area contributed by atoms with Crippen molar-refractivity contribution >= 4 is 29.9 Å². The van der Waals surface area contributed by atoms with Crippen LogP contribution in [0, 0.1) is 17.6 Å². The summed E-state index contributed by atoms with van der Waals surface area (Å²) < 4.78 is 29.8. The zero-order valence-electron chi connectivity index (χ0n) is 16.1. The van der Waals surface area contributed by atoms with Gasteiger partial charge in [0.2, 0.25) is 0 Å². The van der Waals surface area contributed by atoms with E-state index in [1.807, 2.05) is 17.9 Å². The van der Waals surface area contributed by atoms with E-state index >= 15 is 0 Å². The van der Waals surface area contributed by atoms with Crippen LogP contribution < -0.4 is 5.32 Å². The first kappa shape index (κ1) is 21.0. The molecule has 0 spiro atoms. The number of hydrogen-bond donors (Lipinski definition) is 1. The van der Waals surface area contributed by atoms with Gasteiger partial charge in [-0.25, -0.2) is 8.78 Å². The van der Waals surface area contributed by atoms with Crippen LogP contribution in [0.25, 0.3) is 0 Å². The summed E-state index contributed by atoms with van der Waals surface area (Å²) in [6.45, 7) is 1.87. The Hall–Kier alpha value is -1.71. The monoisotopic (exact) mass is 501 g/mol. The molecule has 1 aliphatic carbocycles. The minimum absolute atomic E-state index is 0. The number of aryl methyl sites for hydroxylation is 1. The Kier molecular flexibility index (Phi) is 6.57. The first-order valence-corrected chi connectivity index (χ1v) is 9.45. The molecular weight excluding hydrogens is 475 g/mol. The predicted octanol–water partition coefficient (Wildman–Crippen LogP) is 3.31. The molecule has 152 valence electrons. The van der Waals surface area contributed by atoms with E-state index in [1.165, 1.54) is 23.8 Å². The lowest BCUT2D eigenvalue weighted by molar-refractivity contribution is 0.458. The maximum atomic E-state index is 14.0. The summed E-state index contributed by atoms with van der Waals surface area (Å²) in [5.74, 6) is 0.338. The summed E-state index contributed by atoms with van der Waals surface area (Å²) in [7, 11) is 3.69. The van der Waals surface area contributed by atoms with Crippen molar-refractivity contribution in [3.8, 4) is 0 Å². The molecule has 1 N–H and O–H groups in total. The van der Waals surface area contributed by atoms with Crippen LogP contribution >= 0.6 is 24.0 Å². The van der Waals surface area contributed by atoms with Gasteiger partial charge in [0.1, 0.15) is 11.6 Å². The maximum absolute atomic E-state index is 14.0. The van der Waals surface area contributed by atoms with E-state index < -0.39 is 11.6 Å². The molecule has 8 heteroatoms. The van der Waals surface area contributed by atoms with Crippen molar-refractivity contribution in [2.75, 3.05) is 20.1 Å². The van der Waals surface area contributed by atoms with Crippen LogP contribution in [-0.2, 0) is 13.5 Å². The van der Waals surface area contributed by atoms with E-state index in [0.717, 1.165) is 38.3 Å². The Balaban J connectivity index is 0.00000225. The molecule has 0 radical (unpaired) electrons. The normalized spacial score (nSPS) is 24.2. The van der Waals surface area contributed by atoms with E-state index in [-0.39, 0.29) is 41.5 Å². The number of guanidine groups is 1. The highest BCUT2D eigenvalue weighted by molar-refractivity contribution is 14.0. The highest BCUT2D eigenvalue weighted by Crippen LogP contribution is 2.43. The third-order valence-electron chi connectivity index (χ3n) is 5.56. The average Bonchev–Trinajstić information content (AvgIpc) is 3.01. The molecule has 2 aromatic rings. The van der Waals surface area contributed by atoms with Crippen molar-refractivity contribution in [2.24, 2.45) is 18.0 Å². The average molecular weight is 501 g/mol. The summed E-state index contributed by atoms with van der Waals surface area (Å²) >= 11 is 0. The molecule has 0 bridgehead atoms. The summed E-state index contributed by atoms with van der Waals surface area (Å²) in [5.41, 5.74) is 1.45. The lowest BCUT2D eigenvalue weighted by Gasteiger charge is -2.22. The first-order chi connectivity index (χ1) is 13.0. The van der Waals surface area contributed by atoms with Gasteiger partial charge in [-0.3, -0.25) is 9.67 Å². The topological polar surface area (TPSA) is 45.5 Å². The largest absolute Gasteiger partial charge is 0.353 e. The Bertz CT molecular complexity index is 833. The van der Waals surface area contributed by atoms with E-state index in [9.17, 15) is 8.78 Å². The van der Waals surface area contributed by atoms with Crippen LogP contribution in [0.4, 0.5) is 8.78 Å². The van der Waals surface area contributed by atoms with Gasteiger partial charge in [-0.05, 0) is 42.9 Å². The Morgan fingerprint density at radius 1 is 1.32 bits per heavy atom. The van der Waals surface area contributed by atoms with Crippen LogP contribution in [0.2, 0.25) is 0 Å². The van der Waals surface area contributed by atoms with Gasteiger partial charge in [-0.2, -0.15) is 5.10 Å². The highest BCUT2D eigenvalue weighted by atomic mass is 127. The lowest BCUT2D eigenvalue weighted by Crippen LogP contribution is -2.41. The van der Waals surface area contributed by atoms with E-state index in [1.54, 1.807) is 7.05 Å². The number of rotatable bonds is 4. The third-order valence-corrected chi connectivity index (χ3v) is 5.56. The third kappa shape index (κ3) is 4.47. The first-order valence-electron chi connectivity index (χ1n) is 9.45. The van der Waals surface area contributed by atoms with Crippen LogP contribution in [0.1, 0.15) is 29.9 Å². The molecule has 3 unspecified atom stereocenters.